The van der Waals surface area contributed by atoms with Crippen LogP contribution >= 0.6 is 15.9 Å². The lowest BCUT2D eigenvalue weighted by Crippen LogP contribution is -2.09. The minimum atomic E-state index is -4.19. The molecule has 0 saturated heterocycles. The molecule has 1 aromatic rings. The Hall–Kier alpha value is -0.840. The molecule has 0 saturated carbocycles. The van der Waals surface area contributed by atoms with Crippen molar-refractivity contribution in [2.24, 2.45) is 0 Å². The molecule has 0 spiro atoms. The second-order valence-corrected chi connectivity index (χ2v) is 4.62. The Bertz CT molecular complexity index is 413. The number of benzene rings is 1. The Balaban J connectivity index is 2.62. The van der Waals surface area contributed by atoms with Gasteiger partial charge < -0.3 is 0 Å². The number of carbonyl (C=O) groups excluding carboxylic acids is 1. The summed E-state index contributed by atoms with van der Waals surface area (Å²) in [6.45, 7) is 1.83. The van der Waals surface area contributed by atoms with E-state index in [0.717, 1.165) is 5.56 Å². The maximum Gasteiger partial charge on any atom is 0.389 e. The number of halogens is 4. The van der Waals surface area contributed by atoms with Gasteiger partial charge in [-0.25, -0.2) is 0 Å². The molecule has 0 radical (unpaired) electrons. The largest absolute Gasteiger partial charge is 0.389 e. The lowest BCUT2D eigenvalue weighted by atomic mass is 10.0. The predicted molar refractivity (Wildman–Crippen MR) is 63.1 cm³/mol. The lowest BCUT2D eigenvalue weighted by molar-refractivity contribution is -0.135. The summed E-state index contributed by atoms with van der Waals surface area (Å²) in [5, 5.41) is 0. The fraction of sp³-hybridized carbons (Fsp3) is 0.417. The maximum absolute atomic E-state index is 11.9. The highest BCUT2D eigenvalue weighted by Gasteiger charge is 2.26. The summed E-state index contributed by atoms with van der Waals surface area (Å²) < 4.78 is 36.5. The van der Waals surface area contributed by atoms with Crippen molar-refractivity contribution >= 4 is 21.7 Å². The number of hydrogen-bond donors (Lipinski definition) is 0. The first-order valence-electron chi connectivity index (χ1n) is 5.16. The normalized spacial score (nSPS) is 11.6. The number of carbonyl (C=O) groups is 1. The summed E-state index contributed by atoms with van der Waals surface area (Å²) in [6.07, 6.45) is -5.35. The van der Waals surface area contributed by atoms with E-state index in [1.54, 1.807) is 12.1 Å². The molecule has 0 aromatic heterocycles. The summed E-state index contributed by atoms with van der Waals surface area (Å²) in [4.78, 5) is 11.7. The van der Waals surface area contributed by atoms with Crippen LogP contribution in [0.1, 0.15) is 35.2 Å². The van der Waals surface area contributed by atoms with E-state index in [-0.39, 0.29) is 18.6 Å². The fourth-order valence-corrected chi connectivity index (χ4v) is 1.93. The Morgan fingerprint density at radius 3 is 2.59 bits per heavy atom. The van der Waals surface area contributed by atoms with Gasteiger partial charge in [-0.3, -0.25) is 4.79 Å². The van der Waals surface area contributed by atoms with Crippen LogP contribution < -0.4 is 0 Å². The first-order valence-corrected chi connectivity index (χ1v) is 5.95. The second-order valence-electron chi connectivity index (χ2n) is 3.83. The molecule has 5 heteroatoms. The summed E-state index contributed by atoms with van der Waals surface area (Å²) in [5.41, 5.74) is 1.35. The maximum atomic E-state index is 11.9. The molecule has 1 aromatic carbocycles. The number of ketones is 1. The molecule has 0 aliphatic rings. The smallest absolute Gasteiger partial charge is 0.294 e. The molecule has 1 nitrogen and oxygen atoms in total. The molecule has 0 heterocycles. The van der Waals surface area contributed by atoms with Crippen LogP contribution in [-0.2, 0) is 0 Å². The van der Waals surface area contributed by atoms with E-state index < -0.39 is 12.6 Å². The topological polar surface area (TPSA) is 17.1 Å². The molecule has 0 atom stereocenters. The minimum Gasteiger partial charge on any atom is -0.294 e. The lowest BCUT2D eigenvalue weighted by Gasteiger charge is -2.07. The van der Waals surface area contributed by atoms with Gasteiger partial charge in [-0.15, -0.1) is 0 Å². The van der Waals surface area contributed by atoms with Crippen LogP contribution in [-0.4, -0.2) is 12.0 Å². The Kier molecular flexibility index (Phi) is 4.74. The van der Waals surface area contributed by atoms with Gasteiger partial charge in [-0.2, -0.15) is 13.2 Å². The molecule has 17 heavy (non-hydrogen) atoms. The van der Waals surface area contributed by atoms with Gasteiger partial charge in [0.05, 0.1) is 0 Å². The first-order chi connectivity index (χ1) is 7.81. The van der Waals surface area contributed by atoms with Gasteiger partial charge in [-0.05, 0) is 34.8 Å². The molecule has 0 bridgehead atoms. The van der Waals surface area contributed by atoms with E-state index >= 15 is 0 Å². The average molecular weight is 309 g/mol. The molecule has 1 rings (SSSR count). The average Bonchev–Trinajstić information content (AvgIpc) is 2.20. The Labute approximate surface area is 106 Å². The van der Waals surface area contributed by atoms with E-state index in [9.17, 15) is 18.0 Å². The highest BCUT2D eigenvalue weighted by molar-refractivity contribution is 9.10. The minimum absolute atomic E-state index is 0.0818. The quantitative estimate of drug-likeness (QED) is 0.739. The van der Waals surface area contributed by atoms with Crippen molar-refractivity contribution < 1.29 is 18.0 Å². The van der Waals surface area contributed by atoms with E-state index in [1.807, 2.05) is 13.0 Å². The summed E-state index contributed by atoms with van der Waals surface area (Å²) in [5.74, 6) is -0.259. The van der Waals surface area contributed by atoms with Crippen LogP contribution in [0.25, 0.3) is 0 Å². The third kappa shape index (κ3) is 4.50. The zero-order valence-electron chi connectivity index (χ0n) is 9.27. The molecule has 0 fully saturated rings. The van der Waals surface area contributed by atoms with Gasteiger partial charge in [0, 0.05) is 22.9 Å². The Morgan fingerprint density at radius 1 is 1.35 bits per heavy atom. The zero-order valence-corrected chi connectivity index (χ0v) is 10.9. The van der Waals surface area contributed by atoms with Crippen LogP contribution in [0.3, 0.4) is 0 Å². The molecular formula is C12H12BrF3O. The van der Waals surface area contributed by atoms with E-state index in [0.29, 0.717) is 10.0 Å². The molecule has 0 N–H and O–H groups in total. The monoisotopic (exact) mass is 308 g/mol. The highest BCUT2D eigenvalue weighted by Crippen LogP contribution is 2.25. The fourth-order valence-electron chi connectivity index (χ4n) is 1.45. The van der Waals surface area contributed by atoms with Gasteiger partial charge in [0.15, 0.2) is 5.78 Å². The van der Waals surface area contributed by atoms with Crippen molar-refractivity contribution in [1.82, 2.24) is 0 Å². The molecular weight excluding hydrogens is 297 g/mol. The number of Topliss-reactive ketones (excluding diaryl/α,β-unsaturated/α-hetero) is 1. The van der Waals surface area contributed by atoms with Crippen molar-refractivity contribution in [3.63, 3.8) is 0 Å². The number of alkyl halides is 3. The third-order valence-corrected chi connectivity index (χ3v) is 3.41. The molecule has 0 aliphatic carbocycles. The standard InChI is InChI=1S/C12H12BrF3O/c1-8-4-2-5-9(11(8)13)10(17)6-3-7-12(14,15)16/h2,4-5H,3,6-7H2,1H3. The van der Waals surface area contributed by atoms with Gasteiger partial charge in [-0.1, -0.05) is 18.2 Å². The van der Waals surface area contributed by atoms with Crippen LogP contribution in [0.5, 0.6) is 0 Å². The van der Waals surface area contributed by atoms with E-state index in [2.05, 4.69) is 15.9 Å². The predicted octanol–water partition coefficient (Wildman–Crippen LogP) is 4.67. The van der Waals surface area contributed by atoms with E-state index in [4.69, 9.17) is 0 Å². The second kappa shape index (κ2) is 5.67. The van der Waals surface area contributed by atoms with Crippen LogP contribution in [0.2, 0.25) is 0 Å². The molecule has 0 aliphatic heterocycles. The van der Waals surface area contributed by atoms with Crippen molar-refractivity contribution in [3.8, 4) is 0 Å². The summed E-state index contributed by atoms with van der Waals surface area (Å²) in [7, 11) is 0. The van der Waals surface area contributed by atoms with Gasteiger partial charge in [0.25, 0.3) is 0 Å². The SMILES string of the molecule is Cc1cccc(C(=O)CCCC(F)(F)F)c1Br. The molecule has 0 amide bonds. The van der Waals surface area contributed by atoms with Crippen molar-refractivity contribution in [1.29, 1.82) is 0 Å². The van der Waals surface area contributed by atoms with Crippen LogP contribution in [0.4, 0.5) is 13.2 Å². The molecule has 94 valence electrons. The van der Waals surface area contributed by atoms with Gasteiger partial charge in [0.2, 0.25) is 0 Å². The first kappa shape index (κ1) is 14.2. The van der Waals surface area contributed by atoms with Crippen LogP contribution in [0.15, 0.2) is 22.7 Å². The molecule has 0 unspecified atom stereocenters. The zero-order chi connectivity index (χ0) is 13.1. The third-order valence-electron chi connectivity index (χ3n) is 2.36. The van der Waals surface area contributed by atoms with E-state index in [1.165, 1.54) is 0 Å². The number of aryl methyl sites for hydroxylation is 1. The van der Waals surface area contributed by atoms with Crippen molar-refractivity contribution in [2.45, 2.75) is 32.4 Å². The Morgan fingerprint density at radius 2 is 2.00 bits per heavy atom. The van der Waals surface area contributed by atoms with Crippen LogP contribution in [0, 0.1) is 6.92 Å². The number of rotatable bonds is 4. The van der Waals surface area contributed by atoms with Crippen molar-refractivity contribution in [3.05, 3.63) is 33.8 Å². The van der Waals surface area contributed by atoms with Gasteiger partial charge in [0.1, 0.15) is 0 Å². The summed E-state index contributed by atoms with van der Waals surface area (Å²) >= 11 is 3.27. The van der Waals surface area contributed by atoms with Gasteiger partial charge >= 0.3 is 6.18 Å². The van der Waals surface area contributed by atoms with Crippen molar-refractivity contribution in [2.75, 3.05) is 0 Å². The summed E-state index contributed by atoms with van der Waals surface area (Å²) in [6, 6.07) is 5.17. The number of hydrogen-bond acceptors (Lipinski definition) is 1. The highest BCUT2D eigenvalue weighted by atomic mass is 79.9.